The van der Waals surface area contributed by atoms with Gasteiger partial charge in [0.25, 0.3) is 5.91 Å². The fraction of sp³-hybridized carbons (Fsp3) is 0.357. The van der Waals surface area contributed by atoms with Crippen molar-refractivity contribution in [3.8, 4) is 0 Å². The maximum absolute atomic E-state index is 12.0. The molecule has 1 atom stereocenters. The van der Waals surface area contributed by atoms with Gasteiger partial charge in [0.15, 0.2) is 0 Å². The lowest BCUT2D eigenvalue weighted by Crippen LogP contribution is -2.29. The molecule has 1 aromatic heterocycles. The van der Waals surface area contributed by atoms with Crippen LogP contribution in [-0.2, 0) is 4.79 Å². The average Bonchev–Trinajstić information content (AvgIpc) is 2.96. The third kappa shape index (κ3) is 4.38. The molecule has 1 aliphatic heterocycles. The second-order valence-electron chi connectivity index (χ2n) is 4.62. The number of carbonyl (C=O) groups is 2. The molecular formula is C14H16N2O3S. The zero-order chi connectivity index (χ0) is 14.4. The van der Waals surface area contributed by atoms with Crippen LogP contribution in [-0.4, -0.2) is 40.0 Å². The van der Waals surface area contributed by atoms with Gasteiger partial charge in [-0.05, 0) is 41.6 Å². The van der Waals surface area contributed by atoms with Crippen LogP contribution in [0, 0.1) is 5.92 Å². The van der Waals surface area contributed by atoms with Crippen molar-refractivity contribution in [1.82, 2.24) is 10.3 Å². The Bertz CT molecular complexity index is 525. The molecule has 1 amide bonds. The van der Waals surface area contributed by atoms with Crippen molar-refractivity contribution in [3.63, 3.8) is 0 Å². The first-order valence-electron chi connectivity index (χ1n) is 6.37. The largest absolute Gasteiger partial charge is 0.478 e. The molecule has 1 aliphatic rings. The van der Waals surface area contributed by atoms with E-state index in [0.29, 0.717) is 23.6 Å². The second-order valence-corrected chi connectivity index (χ2v) is 5.77. The van der Waals surface area contributed by atoms with E-state index >= 15 is 0 Å². The van der Waals surface area contributed by atoms with E-state index in [-0.39, 0.29) is 5.91 Å². The molecule has 0 bridgehead atoms. The van der Waals surface area contributed by atoms with Gasteiger partial charge in [0.1, 0.15) is 0 Å². The quantitative estimate of drug-likeness (QED) is 0.807. The minimum absolute atomic E-state index is 0.167. The summed E-state index contributed by atoms with van der Waals surface area (Å²) in [6.07, 6.45) is 6.58. The van der Waals surface area contributed by atoms with Crippen LogP contribution in [0.3, 0.4) is 0 Å². The Morgan fingerprint density at radius 3 is 3.05 bits per heavy atom. The van der Waals surface area contributed by atoms with Crippen molar-refractivity contribution in [1.29, 1.82) is 0 Å². The van der Waals surface area contributed by atoms with Crippen LogP contribution >= 0.6 is 11.8 Å². The SMILES string of the molecule is O=C(O)/C=C/c1cncc(C(=O)NCC2CCSC2)c1. The zero-order valence-corrected chi connectivity index (χ0v) is 11.7. The van der Waals surface area contributed by atoms with Gasteiger partial charge < -0.3 is 10.4 Å². The lowest BCUT2D eigenvalue weighted by molar-refractivity contribution is -0.131. The summed E-state index contributed by atoms with van der Waals surface area (Å²) in [5.74, 6) is 1.61. The fourth-order valence-electron chi connectivity index (χ4n) is 1.92. The predicted octanol–water partition coefficient (Wildman–Crippen LogP) is 1.66. The standard InChI is InChI=1S/C14H16N2O3S/c17-13(18)2-1-10-5-12(8-15-6-10)14(19)16-7-11-3-4-20-9-11/h1-2,5-6,8,11H,3-4,7,9H2,(H,16,19)(H,17,18)/b2-1+. The van der Waals surface area contributed by atoms with Crippen LogP contribution in [0.5, 0.6) is 0 Å². The minimum Gasteiger partial charge on any atom is -0.478 e. The molecule has 106 valence electrons. The number of nitrogens with one attached hydrogen (secondary N) is 1. The Kier molecular flexibility index (Phi) is 5.17. The van der Waals surface area contributed by atoms with Crippen molar-refractivity contribution in [2.75, 3.05) is 18.1 Å². The second kappa shape index (κ2) is 7.09. The smallest absolute Gasteiger partial charge is 0.328 e. The number of rotatable bonds is 5. The molecule has 2 N–H and O–H groups in total. The molecule has 1 unspecified atom stereocenters. The number of nitrogens with zero attached hydrogens (tertiary/aromatic N) is 1. The number of carbonyl (C=O) groups excluding carboxylic acids is 1. The molecule has 1 aromatic rings. The summed E-state index contributed by atoms with van der Waals surface area (Å²) in [5.41, 5.74) is 1.04. The Labute approximate surface area is 121 Å². The lowest BCUT2D eigenvalue weighted by Gasteiger charge is -2.10. The van der Waals surface area contributed by atoms with Gasteiger partial charge in [-0.25, -0.2) is 4.79 Å². The van der Waals surface area contributed by atoms with Crippen molar-refractivity contribution in [3.05, 3.63) is 35.7 Å². The van der Waals surface area contributed by atoms with E-state index in [1.165, 1.54) is 18.5 Å². The summed E-state index contributed by atoms with van der Waals surface area (Å²) in [4.78, 5) is 26.4. The van der Waals surface area contributed by atoms with Gasteiger partial charge in [-0.15, -0.1) is 0 Å². The van der Waals surface area contributed by atoms with Gasteiger partial charge in [0, 0.05) is 25.0 Å². The molecule has 6 heteroatoms. The summed E-state index contributed by atoms with van der Waals surface area (Å²) in [5, 5.41) is 11.5. The number of pyridine rings is 1. The molecule has 2 heterocycles. The van der Waals surface area contributed by atoms with Crippen LogP contribution in [0.4, 0.5) is 0 Å². The first-order chi connectivity index (χ1) is 9.65. The monoisotopic (exact) mass is 292 g/mol. The Balaban J connectivity index is 1.95. The molecule has 0 aliphatic carbocycles. The number of carboxylic acid groups (broad SMARTS) is 1. The van der Waals surface area contributed by atoms with Crippen molar-refractivity contribution >= 4 is 29.7 Å². The topological polar surface area (TPSA) is 79.3 Å². The normalized spacial score (nSPS) is 18.3. The number of hydrogen-bond donors (Lipinski definition) is 2. The van der Waals surface area contributed by atoms with E-state index in [0.717, 1.165) is 24.0 Å². The van der Waals surface area contributed by atoms with Gasteiger partial charge in [-0.3, -0.25) is 9.78 Å². The first-order valence-corrected chi connectivity index (χ1v) is 7.52. The maximum Gasteiger partial charge on any atom is 0.328 e. The van der Waals surface area contributed by atoms with E-state index in [9.17, 15) is 9.59 Å². The first kappa shape index (κ1) is 14.6. The van der Waals surface area contributed by atoms with Crippen molar-refractivity contribution in [2.45, 2.75) is 6.42 Å². The Hall–Kier alpha value is -1.82. The third-order valence-corrected chi connectivity index (χ3v) is 4.25. The summed E-state index contributed by atoms with van der Waals surface area (Å²) < 4.78 is 0. The number of aliphatic carboxylic acids is 1. The van der Waals surface area contributed by atoms with Gasteiger partial charge in [0.05, 0.1) is 5.56 Å². The van der Waals surface area contributed by atoms with Crippen molar-refractivity contribution < 1.29 is 14.7 Å². The number of amides is 1. The number of hydrogen-bond acceptors (Lipinski definition) is 4. The molecule has 1 saturated heterocycles. The fourth-order valence-corrected chi connectivity index (χ4v) is 3.21. The highest BCUT2D eigenvalue weighted by Gasteiger charge is 2.16. The van der Waals surface area contributed by atoms with E-state index in [4.69, 9.17) is 5.11 Å². The van der Waals surface area contributed by atoms with E-state index in [2.05, 4.69) is 10.3 Å². The molecule has 1 fully saturated rings. The van der Waals surface area contributed by atoms with Gasteiger partial charge >= 0.3 is 5.97 Å². The summed E-state index contributed by atoms with van der Waals surface area (Å²) in [7, 11) is 0. The average molecular weight is 292 g/mol. The van der Waals surface area contributed by atoms with Crippen LogP contribution in [0.25, 0.3) is 6.08 Å². The Morgan fingerprint density at radius 1 is 1.50 bits per heavy atom. The van der Waals surface area contributed by atoms with Crippen LogP contribution in [0.2, 0.25) is 0 Å². The lowest BCUT2D eigenvalue weighted by atomic mass is 10.1. The van der Waals surface area contributed by atoms with Crippen LogP contribution in [0.1, 0.15) is 22.3 Å². The molecular weight excluding hydrogens is 276 g/mol. The highest BCUT2D eigenvalue weighted by atomic mass is 32.2. The molecule has 0 saturated carbocycles. The predicted molar refractivity (Wildman–Crippen MR) is 78.7 cm³/mol. The van der Waals surface area contributed by atoms with Crippen LogP contribution < -0.4 is 5.32 Å². The zero-order valence-electron chi connectivity index (χ0n) is 10.9. The summed E-state index contributed by atoms with van der Waals surface area (Å²) >= 11 is 1.91. The highest BCUT2D eigenvalue weighted by Crippen LogP contribution is 2.22. The van der Waals surface area contributed by atoms with Gasteiger partial charge in [-0.2, -0.15) is 11.8 Å². The number of aromatic nitrogens is 1. The molecule has 20 heavy (non-hydrogen) atoms. The number of thioether (sulfide) groups is 1. The van der Waals surface area contributed by atoms with Gasteiger partial charge in [-0.1, -0.05) is 0 Å². The van der Waals surface area contributed by atoms with Crippen molar-refractivity contribution in [2.24, 2.45) is 5.92 Å². The number of carboxylic acids is 1. The van der Waals surface area contributed by atoms with E-state index in [1.54, 1.807) is 6.07 Å². The van der Waals surface area contributed by atoms with E-state index in [1.807, 2.05) is 11.8 Å². The summed E-state index contributed by atoms with van der Waals surface area (Å²) in [6.45, 7) is 0.682. The molecule has 0 spiro atoms. The van der Waals surface area contributed by atoms with Crippen LogP contribution in [0.15, 0.2) is 24.5 Å². The minimum atomic E-state index is -1.03. The molecule has 2 rings (SSSR count). The highest BCUT2D eigenvalue weighted by molar-refractivity contribution is 7.99. The maximum atomic E-state index is 12.0. The van der Waals surface area contributed by atoms with E-state index < -0.39 is 5.97 Å². The third-order valence-electron chi connectivity index (χ3n) is 3.02. The van der Waals surface area contributed by atoms with Gasteiger partial charge in [0.2, 0.25) is 0 Å². The molecule has 0 aromatic carbocycles. The molecule has 0 radical (unpaired) electrons. The summed E-state index contributed by atoms with van der Waals surface area (Å²) in [6, 6.07) is 1.63. The Morgan fingerprint density at radius 2 is 2.35 bits per heavy atom. The molecule has 5 nitrogen and oxygen atoms in total.